The van der Waals surface area contributed by atoms with E-state index in [9.17, 15) is 5.11 Å². The topological polar surface area (TPSA) is 33.4 Å². The van der Waals surface area contributed by atoms with Crippen molar-refractivity contribution in [2.75, 3.05) is 6.61 Å². The van der Waals surface area contributed by atoms with E-state index in [1.165, 1.54) is 0 Å². The molecule has 0 amide bonds. The third kappa shape index (κ3) is 2.54. The van der Waals surface area contributed by atoms with Gasteiger partial charge >= 0.3 is 0 Å². The van der Waals surface area contributed by atoms with Crippen molar-refractivity contribution < 1.29 is 9.52 Å². The first-order chi connectivity index (χ1) is 7.81. The summed E-state index contributed by atoms with van der Waals surface area (Å²) in [6.45, 7) is 0.133. The smallest absolute Gasteiger partial charge is 0.0934 e. The Hall–Kier alpha value is -1.06. The minimum absolute atomic E-state index is 0.105. The molecule has 0 fully saturated rings. The van der Waals surface area contributed by atoms with Crippen LogP contribution in [0.15, 0.2) is 51.7 Å². The van der Waals surface area contributed by atoms with Crippen molar-refractivity contribution in [1.82, 2.24) is 0 Å². The highest BCUT2D eigenvalue weighted by molar-refractivity contribution is 9.10. The Morgan fingerprint density at radius 2 is 2.06 bits per heavy atom. The van der Waals surface area contributed by atoms with Crippen LogP contribution in [-0.4, -0.2) is 11.7 Å². The molecule has 1 aromatic heterocycles. The van der Waals surface area contributed by atoms with Gasteiger partial charge in [0.05, 0.1) is 19.1 Å². The molecule has 2 rings (SSSR count). The van der Waals surface area contributed by atoms with Crippen LogP contribution in [0.5, 0.6) is 0 Å². The highest BCUT2D eigenvalue weighted by Gasteiger charge is 2.14. The standard InChI is InChI=1S/C13H13BrO2/c14-13-4-2-1-3-12(13)11(8-15)7-10-5-6-16-9-10/h1-6,9,11,15H,7-8H2. The minimum Gasteiger partial charge on any atom is -0.472 e. The Bertz CT molecular complexity index is 437. The van der Waals surface area contributed by atoms with Crippen LogP contribution >= 0.6 is 15.9 Å². The van der Waals surface area contributed by atoms with Gasteiger partial charge in [-0.15, -0.1) is 0 Å². The molecule has 16 heavy (non-hydrogen) atoms. The maximum absolute atomic E-state index is 9.45. The van der Waals surface area contributed by atoms with Crippen LogP contribution in [0.3, 0.4) is 0 Å². The van der Waals surface area contributed by atoms with Gasteiger partial charge in [-0.1, -0.05) is 34.1 Å². The van der Waals surface area contributed by atoms with E-state index in [4.69, 9.17) is 4.42 Å². The number of rotatable bonds is 4. The zero-order valence-corrected chi connectivity index (χ0v) is 10.4. The number of hydrogen-bond acceptors (Lipinski definition) is 2. The second-order valence-electron chi connectivity index (χ2n) is 3.74. The van der Waals surface area contributed by atoms with Crippen LogP contribution in [0.25, 0.3) is 0 Å². The van der Waals surface area contributed by atoms with Crippen LogP contribution < -0.4 is 0 Å². The predicted molar refractivity (Wildman–Crippen MR) is 66.4 cm³/mol. The highest BCUT2D eigenvalue weighted by Crippen LogP contribution is 2.27. The Balaban J connectivity index is 2.20. The first kappa shape index (κ1) is 11.4. The first-order valence-electron chi connectivity index (χ1n) is 5.17. The molecular weight excluding hydrogens is 268 g/mol. The molecular formula is C13H13BrO2. The van der Waals surface area contributed by atoms with Crippen LogP contribution in [0, 0.1) is 0 Å². The lowest BCUT2D eigenvalue weighted by Crippen LogP contribution is -2.07. The van der Waals surface area contributed by atoms with E-state index in [1.807, 2.05) is 30.3 Å². The molecule has 3 heteroatoms. The zero-order chi connectivity index (χ0) is 11.4. The van der Waals surface area contributed by atoms with Crippen molar-refractivity contribution in [3.05, 3.63) is 58.5 Å². The lowest BCUT2D eigenvalue weighted by Gasteiger charge is -2.15. The summed E-state index contributed by atoms with van der Waals surface area (Å²) in [4.78, 5) is 0. The minimum atomic E-state index is 0.105. The highest BCUT2D eigenvalue weighted by atomic mass is 79.9. The summed E-state index contributed by atoms with van der Waals surface area (Å²) in [5.41, 5.74) is 2.24. The fourth-order valence-electron chi connectivity index (χ4n) is 1.77. The number of aliphatic hydroxyl groups is 1. The summed E-state index contributed by atoms with van der Waals surface area (Å²) in [7, 11) is 0. The van der Waals surface area contributed by atoms with Crippen molar-refractivity contribution in [3.63, 3.8) is 0 Å². The zero-order valence-electron chi connectivity index (χ0n) is 8.77. The van der Waals surface area contributed by atoms with Crippen molar-refractivity contribution in [2.45, 2.75) is 12.3 Å². The third-order valence-corrected chi connectivity index (χ3v) is 3.35. The van der Waals surface area contributed by atoms with E-state index in [1.54, 1.807) is 12.5 Å². The van der Waals surface area contributed by atoms with Crippen LogP contribution in [-0.2, 0) is 6.42 Å². The van der Waals surface area contributed by atoms with E-state index in [2.05, 4.69) is 15.9 Å². The normalized spacial score (nSPS) is 12.6. The number of hydrogen-bond donors (Lipinski definition) is 1. The summed E-state index contributed by atoms with van der Waals surface area (Å²) < 4.78 is 6.07. The molecule has 0 spiro atoms. The molecule has 1 atom stereocenters. The van der Waals surface area contributed by atoms with Crippen LogP contribution in [0.1, 0.15) is 17.0 Å². The third-order valence-electron chi connectivity index (χ3n) is 2.63. The molecule has 0 aliphatic carbocycles. The quantitative estimate of drug-likeness (QED) is 0.932. The molecule has 1 aromatic carbocycles. The Morgan fingerprint density at radius 1 is 1.25 bits per heavy atom. The summed E-state index contributed by atoms with van der Waals surface area (Å²) in [5.74, 6) is 0.105. The van der Waals surface area contributed by atoms with E-state index < -0.39 is 0 Å². The molecule has 0 saturated carbocycles. The van der Waals surface area contributed by atoms with E-state index >= 15 is 0 Å². The van der Waals surface area contributed by atoms with Crippen molar-refractivity contribution in [2.24, 2.45) is 0 Å². The average molecular weight is 281 g/mol. The van der Waals surface area contributed by atoms with Gasteiger partial charge in [-0.2, -0.15) is 0 Å². The van der Waals surface area contributed by atoms with Gasteiger partial charge in [0.1, 0.15) is 0 Å². The van der Waals surface area contributed by atoms with Crippen LogP contribution in [0.2, 0.25) is 0 Å². The molecule has 0 radical (unpaired) electrons. The molecule has 0 saturated heterocycles. The maximum atomic E-state index is 9.45. The fourth-order valence-corrected chi connectivity index (χ4v) is 2.38. The molecule has 84 valence electrons. The van der Waals surface area contributed by atoms with E-state index in [-0.39, 0.29) is 12.5 Å². The SMILES string of the molecule is OCC(Cc1ccoc1)c1ccccc1Br. The second-order valence-corrected chi connectivity index (χ2v) is 4.59. The number of benzene rings is 1. The summed E-state index contributed by atoms with van der Waals surface area (Å²) >= 11 is 3.51. The summed E-state index contributed by atoms with van der Waals surface area (Å²) in [6.07, 6.45) is 4.17. The molecule has 1 N–H and O–H groups in total. The van der Waals surface area contributed by atoms with Gasteiger partial charge in [0, 0.05) is 10.4 Å². The fraction of sp³-hybridized carbons (Fsp3) is 0.231. The molecule has 0 aliphatic heterocycles. The van der Waals surface area contributed by atoms with Crippen molar-refractivity contribution in [1.29, 1.82) is 0 Å². The second kappa shape index (κ2) is 5.32. The molecule has 2 aromatic rings. The largest absolute Gasteiger partial charge is 0.472 e. The molecule has 1 unspecified atom stereocenters. The Labute approximate surface area is 103 Å². The van der Waals surface area contributed by atoms with E-state index in [0.29, 0.717) is 0 Å². The first-order valence-corrected chi connectivity index (χ1v) is 5.97. The van der Waals surface area contributed by atoms with Gasteiger partial charge in [-0.05, 0) is 29.7 Å². The number of aliphatic hydroxyl groups excluding tert-OH is 1. The number of halogens is 1. The van der Waals surface area contributed by atoms with Gasteiger partial charge in [0.15, 0.2) is 0 Å². The van der Waals surface area contributed by atoms with Gasteiger partial charge in [-0.3, -0.25) is 0 Å². The van der Waals surface area contributed by atoms with Crippen molar-refractivity contribution in [3.8, 4) is 0 Å². The lowest BCUT2D eigenvalue weighted by atomic mass is 9.94. The Kier molecular flexibility index (Phi) is 3.80. The predicted octanol–water partition coefficient (Wildman–Crippen LogP) is 3.36. The van der Waals surface area contributed by atoms with Gasteiger partial charge < -0.3 is 9.52 Å². The van der Waals surface area contributed by atoms with E-state index in [0.717, 1.165) is 22.0 Å². The lowest BCUT2D eigenvalue weighted by molar-refractivity contribution is 0.264. The summed E-state index contributed by atoms with van der Waals surface area (Å²) in [5, 5.41) is 9.45. The molecule has 0 bridgehead atoms. The Morgan fingerprint density at radius 3 is 2.69 bits per heavy atom. The maximum Gasteiger partial charge on any atom is 0.0934 e. The number of furan rings is 1. The van der Waals surface area contributed by atoms with Crippen molar-refractivity contribution >= 4 is 15.9 Å². The molecule has 2 nitrogen and oxygen atoms in total. The van der Waals surface area contributed by atoms with Crippen LogP contribution in [0.4, 0.5) is 0 Å². The summed E-state index contributed by atoms with van der Waals surface area (Å²) in [6, 6.07) is 9.91. The van der Waals surface area contributed by atoms with Gasteiger partial charge in [0.25, 0.3) is 0 Å². The molecule has 1 heterocycles. The van der Waals surface area contributed by atoms with Gasteiger partial charge in [0.2, 0.25) is 0 Å². The monoisotopic (exact) mass is 280 g/mol. The average Bonchev–Trinajstić information content (AvgIpc) is 2.80. The molecule has 0 aliphatic rings. The van der Waals surface area contributed by atoms with Gasteiger partial charge in [-0.25, -0.2) is 0 Å².